The van der Waals surface area contributed by atoms with Crippen LogP contribution in [-0.2, 0) is 6.54 Å². The van der Waals surface area contributed by atoms with Gasteiger partial charge in [0, 0.05) is 36.4 Å². The van der Waals surface area contributed by atoms with E-state index >= 15 is 0 Å². The van der Waals surface area contributed by atoms with Gasteiger partial charge in [0.25, 0.3) is 0 Å². The molecule has 1 aromatic carbocycles. The molecule has 0 aliphatic carbocycles. The van der Waals surface area contributed by atoms with Gasteiger partial charge in [-0.05, 0) is 38.5 Å². The van der Waals surface area contributed by atoms with Crippen LogP contribution in [0.15, 0.2) is 23.0 Å². The van der Waals surface area contributed by atoms with E-state index in [9.17, 15) is 4.79 Å². The molecule has 0 spiro atoms. The predicted molar refractivity (Wildman–Crippen MR) is 98.6 cm³/mol. The average Bonchev–Trinajstić information content (AvgIpc) is 2.53. The highest BCUT2D eigenvalue weighted by molar-refractivity contribution is 5.83. The molecule has 1 heterocycles. The number of benzene rings is 1. The molecule has 4 nitrogen and oxygen atoms in total. The molecule has 23 heavy (non-hydrogen) atoms. The second-order valence-corrected chi connectivity index (χ2v) is 6.57. The number of anilines is 1. The van der Waals surface area contributed by atoms with E-state index in [1.807, 2.05) is 44.1 Å². The maximum atomic E-state index is 13.0. The van der Waals surface area contributed by atoms with Crippen LogP contribution in [0.3, 0.4) is 0 Å². The lowest BCUT2D eigenvalue weighted by atomic mass is 10.1. The number of hydrogen-bond donors (Lipinski definition) is 2. The zero-order valence-electron chi connectivity index (χ0n) is 15.1. The van der Waals surface area contributed by atoms with Crippen molar-refractivity contribution in [2.45, 2.75) is 40.2 Å². The van der Waals surface area contributed by atoms with Gasteiger partial charge in [-0.2, -0.15) is 0 Å². The summed E-state index contributed by atoms with van der Waals surface area (Å²) in [6, 6.07) is 6.04. The van der Waals surface area contributed by atoms with Crippen molar-refractivity contribution in [1.82, 2.24) is 4.98 Å². The summed E-state index contributed by atoms with van der Waals surface area (Å²) in [5, 5.41) is 0.794. The maximum Gasteiger partial charge on any atom is 0.198 e. The minimum absolute atomic E-state index is 0.183. The van der Waals surface area contributed by atoms with Crippen molar-refractivity contribution in [3.63, 3.8) is 0 Å². The molecule has 2 aromatic rings. The van der Waals surface area contributed by atoms with Crippen LogP contribution >= 0.6 is 0 Å². The summed E-state index contributed by atoms with van der Waals surface area (Å²) < 4.78 is 0. The largest absolute Gasteiger partial charge is 0.378 e. The molecular formula is C19H30N3O+. The Labute approximate surface area is 139 Å². The van der Waals surface area contributed by atoms with Crippen LogP contribution in [0.25, 0.3) is 10.9 Å². The summed E-state index contributed by atoms with van der Waals surface area (Å²) >= 11 is 0. The summed E-state index contributed by atoms with van der Waals surface area (Å²) in [7, 11) is 4.00. The van der Waals surface area contributed by atoms with Crippen molar-refractivity contribution in [1.29, 1.82) is 0 Å². The summed E-state index contributed by atoms with van der Waals surface area (Å²) in [6.07, 6.45) is 2.40. The van der Waals surface area contributed by atoms with Gasteiger partial charge in [-0.1, -0.05) is 13.3 Å². The molecule has 2 rings (SSSR count). The molecule has 0 aliphatic heterocycles. The molecule has 0 bridgehead atoms. The van der Waals surface area contributed by atoms with E-state index in [-0.39, 0.29) is 5.43 Å². The van der Waals surface area contributed by atoms with Crippen molar-refractivity contribution in [3.05, 3.63) is 39.7 Å². The number of aromatic amines is 1. The topological polar surface area (TPSA) is 40.5 Å². The first-order valence-electron chi connectivity index (χ1n) is 8.64. The van der Waals surface area contributed by atoms with Crippen LogP contribution in [0, 0.1) is 6.92 Å². The maximum absolute atomic E-state index is 13.0. The molecule has 0 saturated heterocycles. The number of quaternary nitrogens is 1. The summed E-state index contributed by atoms with van der Waals surface area (Å²) in [6.45, 7) is 9.41. The molecule has 0 amide bonds. The minimum Gasteiger partial charge on any atom is -0.378 e. The van der Waals surface area contributed by atoms with Crippen LogP contribution in [-0.4, -0.2) is 32.2 Å². The van der Waals surface area contributed by atoms with E-state index in [1.165, 1.54) is 17.7 Å². The van der Waals surface area contributed by atoms with Gasteiger partial charge in [-0.25, -0.2) is 0 Å². The number of H-pyrrole nitrogens is 1. The first-order chi connectivity index (χ1) is 11.0. The molecule has 1 unspecified atom stereocenters. The smallest absolute Gasteiger partial charge is 0.198 e. The number of rotatable bonds is 7. The second-order valence-electron chi connectivity index (χ2n) is 6.57. The van der Waals surface area contributed by atoms with Crippen molar-refractivity contribution in [2.75, 3.05) is 32.1 Å². The molecule has 1 aromatic heterocycles. The van der Waals surface area contributed by atoms with E-state index in [0.717, 1.165) is 47.5 Å². The van der Waals surface area contributed by atoms with Gasteiger partial charge in [-0.15, -0.1) is 0 Å². The number of hydrogen-bond acceptors (Lipinski definition) is 2. The first kappa shape index (κ1) is 17.5. The SMILES string of the molecule is CCCC[NH+](CC)Cc1c(C)[nH]c2ccc(N(C)C)cc2c1=O. The number of unbranched alkanes of at least 4 members (excludes halogenated alkanes) is 1. The number of nitrogens with one attached hydrogen (secondary N) is 2. The zero-order valence-corrected chi connectivity index (χ0v) is 15.1. The van der Waals surface area contributed by atoms with Crippen molar-refractivity contribution in [2.24, 2.45) is 0 Å². The van der Waals surface area contributed by atoms with Crippen LogP contribution in [0.5, 0.6) is 0 Å². The highest BCUT2D eigenvalue weighted by Crippen LogP contribution is 2.18. The third-order valence-electron chi connectivity index (χ3n) is 4.62. The van der Waals surface area contributed by atoms with Gasteiger partial charge in [0.05, 0.1) is 18.7 Å². The molecule has 126 valence electrons. The Hall–Kier alpha value is -1.81. The number of pyridine rings is 1. The Morgan fingerprint density at radius 3 is 2.57 bits per heavy atom. The van der Waals surface area contributed by atoms with E-state index in [1.54, 1.807) is 0 Å². The number of nitrogens with zero attached hydrogens (tertiary/aromatic N) is 1. The highest BCUT2D eigenvalue weighted by atomic mass is 16.1. The van der Waals surface area contributed by atoms with Gasteiger partial charge in [0.15, 0.2) is 5.43 Å². The number of aryl methyl sites for hydroxylation is 1. The Kier molecular flexibility index (Phi) is 5.83. The van der Waals surface area contributed by atoms with Gasteiger partial charge < -0.3 is 14.8 Å². The fourth-order valence-electron chi connectivity index (χ4n) is 3.00. The Bertz CT molecular complexity index is 718. The normalized spacial score (nSPS) is 12.6. The Balaban J connectivity index is 2.45. The van der Waals surface area contributed by atoms with Gasteiger partial charge >= 0.3 is 0 Å². The Morgan fingerprint density at radius 1 is 1.22 bits per heavy atom. The molecule has 0 saturated carbocycles. The lowest BCUT2D eigenvalue weighted by Gasteiger charge is -2.19. The molecule has 1 atom stereocenters. The quantitative estimate of drug-likeness (QED) is 0.821. The van der Waals surface area contributed by atoms with Gasteiger partial charge in [0.1, 0.15) is 6.54 Å². The lowest BCUT2D eigenvalue weighted by molar-refractivity contribution is -0.912. The predicted octanol–water partition coefficient (Wildman–Crippen LogP) is 2.11. The van der Waals surface area contributed by atoms with E-state index in [4.69, 9.17) is 0 Å². The van der Waals surface area contributed by atoms with E-state index in [0.29, 0.717) is 0 Å². The molecule has 4 heteroatoms. The first-order valence-corrected chi connectivity index (χ1v) is 8.64. The van der Waals surface area contributed by atoms with E-state index < -0.39 is 0 Å². The van der Waals surface area contributed by atoms with Crippen molar-refractivity contribution >= 4 is 16.6 Å². The molecule has 0 radical (unpaired) electrons. The highest BCUT2D eigenvalue weighted by Gasteiger charge is 2.15. The van der Waals surface area contributed by atoms with Crippen LogP contribution in [0.4, 0.5) is 5.69 Å². The fourth-order valence-corrected chi connectivity index (χ4v) is 3.00. The minimum atomic E-state index is 0.183. The van der Waals surface area contributed by atoms with Crippen LogP contribution < -0.4 is 15.2 Å². The second kappa shape index (κ2) is 7.64. The van der Waals surface area contributed by atoms with Crippen LogP contribution in [0.2, 0.25) is 0 Å². The number of fused-ring (bicyclic) bond motifs is 1. The third kappa shape index (κ3) is 3.94. The Morgan fingerprint density at radius 2 is 1.96 bits per heavy atom. The molecular weight excluding hydrogens is 286 g/mol. The summed E-state index contributed by atoms with van der Waals surface area (Å²) in [5.74, 6) is 0. The zero-order chi connectivity index (χ0) is 17.0. The molecule has 0 fully saturated rings. The lowest BCUT2D eigenvalue weighted by Crippen LogP contribution is -3.10. The molecule has 2 N–H and O–H groups in total. The monoisotopic (exact) mass is 316 g/mol. The summed E-state index contributed by atoms with van der Waals surface area (Å²) in [5.41, 5.74) is 4.10. The molecule has 0 aliphatic rings. The van der Waals surface area contributed by atoms with Crippen LogP contribution in [0.1, 0.15) is 37.9 Å². The van der Waals surface area contributed by atoms with Gasteiger partial charge in [0.2, 0.25) is 0 Å². The average molecular weight is 316 g/mol. The van der Waals surface area contributed by atoms with Crippen molar-refractivity contribution < 1.29 is 4.90 Å². The number of aromatic nitrogens is 1. The standard InChI is InChI=1S/C19H29N3O/c1-6-8-11-22(7-2)13-17-14(3)20-18-10-9-15(21(4)5)12-16(18)19(17)23/h9-10,12H,6-8,11,13H2,1-5H3,(H,20,23)/p+1. The summed E-state index contributed by atoms with van der Waals surface area (Å²) in [4.78, 5) is 19.9. The van der Waals surface area contributed by atoms with Crippen molar-refractivity contribution in [3.8, 4) is 0 Å². The van der Waals surface area contributed by atoms with Gasteiger partial charge in [-0.3, -0.25) is 4.79 Å². The fraction of sp³-hybridized carbons (Fsp3) is 0.526. The van der Waals surface area contributed by atoms with E-state index in [2.05, 4.69) is 18.8 Å². The third-order valence-corrected chi connectivity index (χ3v) is 4.62.